The van der Waals surface area contributed by atoms with Gasteiger partial charge < -0.3 is 5.73 Å². The summed E-state index contributed by atoms with van der Waals surface area (Å²) in [7, 11) is 0. The monoisotopic (exact) mass is 198 g/mol. The van der Waals surface area contributed by atoms with Crippen molar-refractivity contribution < 1.29 is 0 Å². The first-order chi connectivity index (χ1) is 5.83. The van der Waals surface area contributed by atoms with E-state index in [2.05, 4.69) is 16.7 Å². The zero-order valence-corrected chi connectivity index (χ0v) is 8.25. The van der Waals surface area contributed by atoms with E-state index >= 15 is 0 Å². The largest absolute Gasteiger partial charge is 0.375 e. The highest BCUT2D eigenvalue weighted by Gasteiger charge is 2.35. The molecule has 1 aromatic heterocycles. The molecule has 12 heavy (non-hydrogen) atoms. The Labute approximate surface area is 79.6 Å². The highest BCUT2D eigenvalue weighted by molar-refractivity contribution is 8.00. The molecule has 2 nitrogen and oxygen atoms in total. The summed E-state index contributed by atoms with van der Waals surface area (Å²) in [4.78, 5) is 5.84. The number of nitrogens with zero attached hydrogens (tertiary/aromatic N) is 1. The van der Waals surface area contributed by atoms with Crippen molar-refractivity contribution in [1.82, 2.24) is 4.98 Å². The Morgan fingerprint density at radius 2 is 2.33 bits per heavy atom. The maximum absolute atomic E-state index is 5.69. The molecule has 0 saturated carbocycles. The predicted octanol–water partition coefficient (Wildman–Crippen LogP) is 2.22. The van der Waals surface area contributed by atoms with Crippen LogP contribution in [0.2, 0.25) is 0 Å². The minimum atomic E-state index is 0.730. The normalized spacial score (nSPS) is 32.0. The van der Waals surface area contributed by atoms with Crippen LogP contribution < -0.4 is 5.73 Å². The van der Waals surface area contributed by atoms with Crippen LogP contribution in [0.1, 0.15) is 28.7 Å². The number of aromatic nitrogens is 1. The van der Waals surface area contributed by atoms with Gasteiger partial charge in [-0.25, -0.2) is 4.98 Å². The van der Waals surface area contributed by atoms with Crippen LogP contribution in [0.3, 0.4) is 0 Å². The van der Waals surface area contributed by atoms with E-state index in [4.69, 9.17) is 5.73 Å². The zero-order chi connectivity index (χ0) is 8.13. The molecular formula is C8H10N2S2. The highest BCUT2D eigenvalue weighted by Crippen LogP contribution is 2.53. The third-order valence-electron chi connectivity index (χ3n) is 2.57. The van der Waals surface area contributed by atoms with Gasteiger partial charge in [-0.05, 0) is 12.8 Å². The average Bonchev–Trinajstić information content (AvgIpc) is 2.57. The SMILES string of the molecule is Nc1nc2c(s1)C1CCC(C2)S1. The van der Waals surface area contributed by atoms with E-state index in [1.807, 2.05) is 0 Å². The van der Waals surface area contributed by atoms with Gasteiger partial charge in [0.2, 0.25) is 0 Å². The molecule has 2 N–H and O–H groups in total. The number of anilines is 1. The van der Waals surface area contributed by atoms with Crippen LogP contribution in [0.5, 0.6) is 0 Å². The van der Waals surface area contributed by atoms with Crippen LogP contribution in [0.4, 0.5) is 5.13 Å². The van der Waals surface area contributed by atoms with Gasteiger partial charge in [0, 0.05) is 21.8 Å². The van der Waals surface area contributed by atoms with Gasteiger partial charge in [0.15, 0.2) is 5.13 Å². The van der Waals surface area contributed by atoms with Crippen molar-refractivity contribution in [2.75, 3.05) is 5.73 Å². The second kappa shape index (κ2) is 2.39. The van der Waals surface area contributed by atoms with Gasteiger partial charge in [-0.15, -0.1) is 23.1 Å². The summed E-state index contributed by atoms with van der Waals surface area (Å²) in [6.45, 7) is 0. The number of thiazole rings is 1. The maximum atomic E-state index is 5.69. The summed E-state index contributed by atoms with van der Waals surface area (Å²) >= 11 is 3.82. The molecule has 0 aliphatic carbocycles. The third kappa shape index (κ3) is 0.910. The van der Waals surface area contributed by atoms with E-state index in [1.165, 1.54) is 23.4 Å². The zero-order valence-electron chi connectivity index (χ0n) is 6.62. The van der Waals surface area contributed by atoms with E-state index in [-0.39, 0.29) is 0 Å². The summed E-state index contributed by atoms with van der Waals surface area (Å²) in [5.41, 5.74) is 6.98. The predicted molar refractivity (Wildman–Crippen MR) is 53.6 cm³/mol. The standard InChI is InChI=1S/C8H10N2S2/c9-8-10-5-3-4-1-2-6(11-4)7(5)12-8/h4,6H,1-3H2,(H2,9,10). The smallest absolute Gasteiger partial charge is 0.180 e. The number of rotatable bonds is 0. The molecule has 1 saturated heterocycles. The molecule has 2 aliphatic rings. The Bertz CT molecular complexity index is 321. The molecule has 3 heterocycles. The fraction of sp³-hybridized carbons (Fsp3) is 0.625. The van der Waals surface area contributed by atoms with Gasteiger partial charge in [-0.2, -0.15) is 0 Å². The van der Waals surface area contributed by atoms with Crippen molar-refractivity contribution in [3.8, 4) is 0 Å². The fourth-order valence-electron chi connectivity index (χ4n) is 2.04. The average molecular weight is 198 g/mol. The maximum Gasteiger partial charge on any atom is 0.180 e. The van der Waals surface area contributed by atoms with Gasteiger partial charge in [-0.1, -0.05) is 0 Å². The van der Waals surface area contributed by atoms with Gasteiger partial charge in [0.05, 0.1) is 5.69 Å². The molecule has 2 bridgehead atoms. The molecule has 2 atom stereocenters. The van der Waals surface area contributed by atoms with Crippen molar-refractivity contribution in [3.63, 3.8) is 0 Å². The quantitative estimate of drug-likeness (QED) is 0.694. The van der Waals surface area contributed by atoms with Crippen molar-refractivity contribution in [2.24, 2.45) is 0 Å². The molecule has 2 aliphatic heterocycles. The summed E-state index contributed by atoms with van der Waals surface area (Å²) in [6.07, 6.45) is 3.87. The molecule has 0 radical (unpaired) electrons. The summed E-state index contributed by atoms with van der Waals surface area (Å²) < 4.78 is 0. The summed E-state index contributed by atoms with van der Waals surface area (Å²) in [5, 5.41) is 2.32. The van der Waals surface area contributed by atoms with Gasteiger partial charge in [0.25, 0.3) is 0 Å². The first kappa shape index (κ1) is 7.21. The number of hydrogen-bond acceptors (Lipinski definition) is 4. The Balaban J connectivity index is 2.11. The number of nitrogens with two attached hydrogens (primary N) is 1. The highest BCUT2D eigenvalue weighted by atomic mass is 32.2. The van der Waals surface area contributed by atoms with Crippen molar-refractivity contribution in [2.45, 2.75) is 29.8 Å². The topological polar surface area (TPSA) is 38.9 Å². The van der Waals surface area contributed by atoms with E-state index in [0.717, 1.165) is 22.1 Å². The van der Waals surface area contributed by atoms with Gasteiger partial charge in [0.1, 0.15) is 0 Å². The Morgan fingerprint density at radius 1 is 1.42 bits per heavy atom. The summed E-state index contributed by atoms with van der Waals surface area (Å²) in [5.74, 6) is 0. The molecule has 0 amide bonds. The molecule has 1 aromatic rings. The molecule has 0 spiro atoms. The molecule has 1 fully saturated rings. The van der Waals surface area contributed by atoms with Crippen molar-refractivity contribution in [3.05, 3.63) is 10.6 Å². The van der Waals surface area contributed by atoms with Crippen LogP contribution in [0, 0.1) is 0 Å². The van der Waals surface area contributed by atoms with Crippen LogP contribution >= 0.6 is 23.1 Å². The van der Waals surface area contributed by atoms with Crippen molar-refractivity contribution >= 4 is 28.2 Å². The lowest BCUT2D eigenvalue weighted by Gasteiger charge is -2.16. The third-order valence-corrected chi connectivity index (χ3v) is 5.34. The summed E-state index contributed by atoms with van der Waals surface area (Å²) in [6, 6.07) is 0. The Morgan fingerprint density at radius 3 is 3.25 bits per heavy atom. The van der Waals surface area contributed by atoms with Crippen LogP contribution in [0.25, 0.3) is 0 Å². The lowest BCUT2D eigenvalue weighted by atomic mass is 10.2. The second-order valence-electron chi connectivity index (χ2n) is 3.39. The van der Waals surface area contributed by atoms with Gasteiger partial charge in [-0.3, -0.25) is 0 Å². The Kier molecular flexibility index (Phi) is 1.43. The van der Waals surface area contributed by atoms with Gasteiger partial charge >= 0.3 is 0 Å². The minimum absolute atomic E-state index is 0.730. The first-order valence-electron chi connectivity index (χ1n) is 4.23. The molecule has 0 aromatic carbocycles. The molecule has 2 unspecified atom stereocenters. The number of hydrogen-bond donors (Lipinski definition) is 1. The minimum Gasteiger partial charge on any atom is -0.375 e. The first-order valence-corrected chi connectivity index (χ1v) is 5.99. The molecule has 3 rings (SSSR count). The Hall–Kier alpha value is -0.220. The molecule has 4 heteroatoms. The molecule has 64 valence electrons. The fourth-order valence-corrected chi connectivity index (χ4v) is 4.76. The molecular weight excluding hydrogens is 188 g/mol. The number of fused-ring (bicyclic) bond motifs is 4. The number of thioether (sulfide) groups is 1. The van der Waals surface area contributed by atoms with Crippen LogP contribution in [-0.2, 0) is 6.42 Å². The van der Waals surface area contributed by atoms with Crippen molar-refractivity contribution in [1.29, 1.82) is 0 Å². The lowest BCUT2D eigenvalue weighted by molar-refractivity contribution is 0.766. The van der Waals surface area contributed by atoms with E-state index in [9.17, 15) is 0 Å². The van der Waals surface area contributed by atoms with Crippen LogP contribution in [0.15, 0.2) is 0 Å². The van der Waals surface area contributed by atoms with Crippen LogP contribution in [-0.4, -0.2) is 10.2 Å². The second-order valence-corrected chi connectivity index (χ2v) is 5.96. The van der Waals surface area contributed by atoms with E-state index < -0.39 is 0 Å². The lowest BCUT2D eigenvalue weighted by Crippen LogP contribution is -2.07. The van der Waals surface area contributed by atoms with E-state index in [0.29, 0.717) is 0 Å². The van der Waals surface area contributed by atoms with E-state index in [1.54, 1.807) is 11.3 Å². The number of nitrogen functional groups attached to an aromatic ring is 1.